The van der Waals surface area contributed by atoms with Crippen molar-refractivity contribution in [1.29, 1.82) is 0 Å². The number of rotatable bonds is 6. The minimum atomic E-state index is -3.52. The Kier molecular flexibility index (Phi) is 8.26. The molecular formula is C27H38FN3O10Si. The third-order valence-electron chi connectivity index (χ3n) is 9.11. The van der Waals surface area contributed by atoms with Crippen LogP contribution in [0.4, 0.5) is 15.5 Å². The molecule has 4 aliphatic rings. The van der Waals surface area contributed by atoms with Crippen molar-refractivity contribution in [3.05, 3.63) is 23.8 Å². The molecule has 42 heavy (non-hydrogen) atoms. The van der Waals surface area contributed by atoms with Crippen LogP contribution < -0.4 is 10.6 Å². The minimum Gasteiger partial charge on any atom is -0.394 e. The van der Waals surface area contributed by atoms with Crippen LogP contribution in [0.5, 0.6) is 0 Å². The van der Waals surface area contributed by atoms with Gasteiger partial charge in [0, 0.05) is 34.9 Å². The molecule has 10 atom stereocenters. The number of carbonyl (C=O) groups is 3. The van der Waals surface area contributed by atoms with Gasteiger partial charge in [-0.2, -0.15) is 0 Å². The smallest absolute Gasteiger partial charge is 0.261 e. The molecule has 3 saturated heterocycles. The third-order valence-corrected chi connectivity index (χ3v) is 11.6. The first-order valence-corrected chi connectivity index (χ1v) is 17.1. The van der Waals surface area contributed by atoms with Crippen molar-refractivity contribution in [1.82, 2.24) is 4.90 Å². The molecule has 3 fully saturated rings. The van der Waals surface area contributed by atoms with E-state index < -0.39 is 74.1 Å². The van der Waals surface area contributed by atoms with E-state index in [-0.39, 0.29) is 30.7 Å². The molecular weight excluding hydrogens is 573 g/mol. The van der Waals surface area contributed by atoms with E-state index in [2.05, 4.69) is 10.6 Å². The van der Waals surface area contributed by atoms with E-state index in [1.165, 1.54) is 31.3 Å². The SMILES string of the molecule is C[C@@H]1[C@@H]([Si](C)(C)F)[C@H](CC(=O)N2CCC[C@H]2CO)O[C@@]12C(=O)Nc1ccc(NC(=O)[C@H]3O[C@@H](O)[C@H](O)[C@@H](O)[C@@H]3O)cc12. The highest BCUT2D eigenvalue weighted by Gasteiger charge is 2.65. The van der Waals surface area contributed by atoms with Crippen molar-refractivity contribution in [3.8, 4) is 0 Å². The largest absolute Gasteiger partial charge is 0.394 e. The summed E-state index contributed by atoms with van der Waals surface area (Å²) in [6.07, 6.45) is -8.73. The van der Waals surface area contributed by atoms with E-state index in [0.29, 0.717) is 24.2 Å². The summed E-state index contributed by atoms with van der Waals surface area (Å²) in [5, 5.41) is 54.7. The van der Waals surface area contributed by atoms with Crippen LogP contribution in [0.15, 0.2) is 18.2 Å². The van der Waals surface area contributed by atoms with Crippen LogP contribution in [0.1, 0.15) is 31.7 Å². The molecule has 15 heteroatoms. The van der Waals surface area contributed by atoms with Crippen LogP contribution in [0, 0.1) is 5.92 Å². The fraction of sp³-hybridized carbons (Fsp3) is 0.667. The average molecular weight is 612 g/mol. The lowest BCUT2D eigenvalue weighted by Crippen LogP contribution is -2.60. The summed E-state index contributed by atoms with van der Waals surface area (Å²) >= 11 is 0. The highest BCUT2D eigenvalue weighted by molar-refractivity contribution is 6.72. The van der Waals surface area contributed by atoms with E-state index in [4.69, 9.17) is 9.47 Å². The fourth-order valence-electron chi connectivity index (χ4n) is 7.08. The van der Waals surface area contributed by atoms with Gasteiger partial charge in [-0.3, -0.25) is 14.4 Å². The summed E-state index contributed by atoms with van der Waals surface area (Å²) in [5.74, 6) is -2.41. The second-order valence-electron chi connectivity index (χ2n) is 12.2. The topological polar surface area (TPSA) is 198 Å². The lowest BCUT2D eigenvalue weighted by Gasteiger charge is -2.37. The first-order chi connectivity index (χ1) is 19.7. The molecule has 1 aromatic carbocycles. The fourth-order valence-corrected chi connectivity index (χ4v) is 9.57. The van der Waals surface area contributed by atoms with Crippen molar-refractivity contribution in [3.63, 3.8) is 0 Å². The van der Waals surface area contributed by atoms with Gasteiger partial charge in [-0.15, -0.1) is 0 Å². The van der Waals surface area contributed by atoms with Crippen LogP contribution in [-0.4, -0.2) is 113 Å². The first-order valence-electron chi connectivity index (χ1n) is 14.1. The molecule has 0 aliphatic carbocycles. The number of carbonyl (C=O) groups excluding carboxylic acids is 3. The zero-order valence-corrected chi connectivity index (χ0v) is 24.6. The van der Waals surface area contributed by atoms with Crippen molar-refractivity contribution >= 4 is 37.5 Å². The van der Waals surface area contributed by atoms with Crippen molar-refractivity contribution in [2.24, 2.45) is 5.92 Å². The summed E-state index contributed by atoms with van der Waals surface area (Å²) in [7, 11) is -3.52. The molecule has 0 aromatic heterocycles. The van der Waals surface area contributed by atoms with Crippen molar-refractivity contribution in [2.45, 2.75) is 93.3 Å². The number of hydrogen-bond acceptors (Lipinski definition) is 10. The Bertz CT molecular complexity index is 1250. The Labute approximate surface area is 242 Å². The molecule has 0 bridgehead atoms. The van der Waals surface area contributed by atoms with Gasteiger partial charge in [-0.1, -0.05) is 6.92 Å². The Morgan fingerprint density at radius 1 is 1.19 bits per heavy atom. The van der Waals surface area contributed by atoms with E-state index in [1.807, 2.05) is 0 Å². The molecule has 232 valence electrons. The molecule has 5 rings (SSSR count). The lowest BCUT2D eigenvalue weighted by molar-refractivity contribution is -0.274. The summed E-state index contributed by atoms with van der Waals surface area (Å²) in [5.41, 5.74) is -1.50. The molecule has 13 nitrogen and oxygen atoms in total. The third kappa shape index (κ3) is 5.05. The van der Waals surface area contributed by atoms with Gasteiger partial charge in [0.05, 0.1) is 25.2 Å². The van der Waals surface area contributed by atoms with E-state index >= 15 is 4.11 Å². The number of nitrogens with zero attached hydrogens (tertiary/aromatic N) is 1. The Hall–Kier alpha value is -2.50. The number of nitrogens with one attached hydrogen (secondary N) is 2. The van der Waals surface area contributed by atoms with Gasteiger partial charge in [0.15, 0.2) is 18.0 Å². The van der Waals surface area contributed by atoms with Crippen LogP contribution >= 0.6 is 0 Å². The number of halogens is 1. The minimum absolute atomic E-state index is 0.153. The molecule has 1 aromatic rings. The highest BCUT2D eigenvalue weighted by atomic mass is 28.4. The number of anilines is 2. The number of aliphatic hydroxyl groups is 5. The van der Waals surface area contributed by atoms with Gasteiger partial charge in [0.2, 0.25) is 14.3 Å². The zero-order valence-electron chi connectivity index (χ0n) is 23.6. The second kappa shape index (κ2) is 11.2. The van der Waals surface area contributed by atoms with Gasteiger partial charge >= 0.3 is 0 Å². The van der Waals surface area contributed by atoms with Crippen molar-refractivity contribution < 1.29 is 53.5 Å². The van der Waals surface area contributed by atoms with Gasteiger partial charge in [-0.25, -0.2) is 0 Å². The Balaban J connectivity index is 1.43. The standard InChI is InChI=1S/C27H38FN3O10Si/c1-12-23(42(2,3)28)17(10-18(33)31-8-4-5-14(31)11-32)41-27(12)15-9-13(6-7-16(15)30-26(27)39)29-24(37)22-20(35)19(34)21(36)25(38)40-22/h6-7,9,12,14,17,19-23,25,32,34-36,38H,4-5,8,10-11H2,1-3H3,(H,29,37)(H,30,39)/t12-,14+,17+,19+,20+,21-,22+,23-,25-,27+/m1/s1. The maximum atomic E-state index is 15.9. The maximum Gasteiger partial charge on any atom is 0.261 e. The molecule has 4 heterocycles. The number of likely N-dealkylation sites (tertiary alicyclic amines) is 1. The Morgan fingerprint density at radius 3 is 2.57 bits per heavy atom. The summed E-state index contributed by atoms with van der Waals surface area (Å²) in [6.45, 7) is 5.06. The van der Waals surface area contributed by atoms with Gasteiger partial charge in [0.1, 0.15) is 18.3 Å². The maximum absolute atomic E-state index is 15.9. The van der Waals surface area contributed by atoms with Crippen molar-refractivity contribution in [2.75, 3.05) is 23.8 Å². The molecule has 0 radical (unpaired) electrons. The molecule has 0 unspecified atom stereocenters. The summed E-state index contributed by atoms with van der Waals surface area (Å²) in [6, 6.07) is 4.18. The predicted molar refractivity (Wildman–Crippen MR) is 147 cm³/mol. The zero-order chi connectivity index (χ0) is 30.7. The molecule has 0 saturated carbocycles. The highest BCUT2D eigenvalue weighted by Crippen LogP contribution is 2.59. The quantitative estimate of drug-likeness (QED) is 0.163. The number of benzene rings is 1. The van der Waals surface area contributed by atoms with Crippen LogP contribution in [0.2, 0.25) is 18.6 Å². The molecule has 1 spiro atoms. The summed E-state index contributed by atoms with van der Waals surface area (Å²) < 4.78 is 27.3. The number of hydrogen-bond donors (Lipinski definition) is 7. The first kappa shape index (κ1) is 30.9. The second-order valence-corrected chi connectivity index (χ2v) is 16.0. The predicted octanol–water partition coefficient (Wildman–Crippen LogP) is -0.474. The number of amides is 3. The van der Waals surface area contributed by atoms with Crippen LogP contribution in [0.25, 0.3) is 0 Å². The average Bonchev–Trinajstić information content (AvgIpc) is 3.60. The summed E-state index contributed by atoms with van der Waals surface area (Å²) in [4.78, 5) is 41.4. The van der Waals surface area contributed by atoms with E-state index in [1.54, 1.807) is 11.8 Å². The molecule has 7 N–H and O–H groups in total. The Morgan fingerprint density at radius 2 is 1.90 bits per heavy atom. The van der Waals surface area contributed by atoms with E-state index in [9.17, 15) is 39.9 Å². The van der Waals surface area contributed by atoms with Gasteiger partial charge in [-0.05, 0) is 44.1 Å². The monoisotopic (exact) mass is 611 g/mol. The van der Waals surface area contributed by atoms with Crippen LogP contribution in [0.3, 0.4) is 0 Å². The number of fused-ring (bicyclic) bond motifs is 2. The van der Waals surface area contributed by atoms with Crippen LogP contribution in [-0.2, 0) is 29.5 Å². The lowest BCUT2D eigenvalue weighted by atomic mass is 9.82. The van der Waals surface area contributed by atoms with Gasteiger partial charge in [0.25, 0.3) is 11.8 Å². The number of aliphatic hydroxyl groups excluding tert-OH is 5. The van der Waals surface area contributed by atoms with Gasteiger partial charge < -0.3 is 54.6 Å². The molecule has 3 amide bonds. The normalized spacial score (nSPS) is 38.1. The number of ether oxygens (including phenoxy) is 2. The van der Waals surface area contributed by atoms with E-state index in [0.717, 1.165) is 6.42 Å². The molecule has 4 aliphatic heterocycles.